The van der Waals surface area contributed by atoms with Crippen molar-refractivity contribution in [2.24, 2.45) is 0 Å². The van der Waals surface area contributed by atoms with Gasteiger partial charge in [-0.2, -0.15) is 0 Å². The summed E-state index contributed by atoms with van der Waals surface area (Å²) in [4.78, 5) is 13.1. The lowest BCUT2D eigenvalue weighted by Gasteiger charge is -2.12. The molecular formula is C12H16N2O4S. The molecule has 1 aromatic carbocycles. The van der Waals surface area contributed by atoms with Gasteiger partial charge in [-0.05, 0) is 5.56 Å². The van der Waals surface area contributed by atoms with Crippen molar-refractivity contribution in [1.82, 2.24) is 9.62 Å². The molecule has 0 aliphatic carbocycles. The minimum Gasteiger partial charge on any atom is -0.439 e. The number of nitrogens with one attached hydrogen (secondary N) is 1. The summed E-state index contributed by atoms with van der Waals surface area (Å²) >= 11 is 0. The SMILES string of the molecule is CS(=O)(=O)NCCN1CC(c2ccccc2)OC1=O. The first-order valence-corrected chi connectivity index (χ1v) is 7.80. The van der Waals surface area contributed by atoms with Gasteiger partial charge in [0.05, 0.1) is 12.8 Å². The third-order valence-electron chi connectivity index (χ3n) is 2.80. The molecule has 1 aromatic rings. The van der Waals surface area contributed by atoms with Crippen LogP contribution in [0.25, 0.3) is 0 Å². The van der Waals surface area contributed by atoms with Gasteiger partial charge in [-0.15, -0.1) is 0 Å². The molecule has 104 valence electrons. The molecule has 7 heteroatoms. The fourth-order valence-corrected chi connectivity index (χ4v) is 2.36. The average Bonchev–Trinajstić information content (AvgIpc) is 2.71. The standard InChI is InChI=1S/C12H16N2O4S/c1-19(16,17)13-7-8-14-9-11(18-12(14)15)10-5-3-2-4-6-10/h2-6,11,13H,7-9H2,1H3. The van der Waals surface area contributed by atoms with Gasteiger partial charge in [0.1, 0.15) is 6.10 Å². The van der Waals surface area contributed by atoms with Crippen molar-refractivity contribution in [3.05, 3.63) is 35.9 Å². The van der Waals surface area contributed by atoms with E-state index in [4.69, 9.17) is 4.74 Å². The van der Waals surface area contributed by atoms with Crippen LogP contribution in [0, 0.1) is 0 Å². The second kappa shape index (κ2) is 5.58. The van der Waals surface area contributed by atoms with Crippen LogP contribution >= 0.6 is 0 Å². The number of carbonyl (C=O) groups excluding carboxylic acids is 1. The fraction of sp³-hybridized carbons (Fsp3) is 0.417. The quantitative estimate of drug-likeness (QED) is 0.865. The summed E-state index contributed by atoms with van der Waals surface area (Å²) < 4.78 is 29.5. The molecule has 19 heavy (non-hydrogen) atoms. The third-order valence-corrected chi connectivity index (χ3v) is 3.53. The summed E-state index contributed by atoms with van der Waals surface area (Å²) in [6.07, 6.45) is 0.387. The van der Waals surface area contributed by atoms with Crippen LogP contribution in [0.4, 0.5) is 4.79 Å². The van der Waals surface area contributed by atoms with Gasteiger partial charge in [0.15, 0.2) is 0 Å². The summed E-state index contributed by atoms with van der Waals surface area (Å²) in [5, 5.41) is 0. The first kappa shape index (κ1) is 13.8. The van der Waals surface area contributed by atoms with Crippen molar-refractivity contribution < 1.29 is 17.9 Å². The van der Waals surface area contributed by atoms with Crippen LogP contribution in [0.5, 0.6) is 0 Å². The lowest BCUT2D eigenvalue weighted by atomic mass is 10.1. The van der Waals surface area contributed by atoms with E-state index in [0.717, 1.165) is 11.8 Å². The smallest absolute Gasteiger partial charge is 0.410 e. The van der Waals surface area contributed by atoms with Crippen LogP contribution in [0.15, 0.2) is 30.3 Å². The van der Waals surface area contributed by atoms with Crippen molar-refractivity contribution in [1.29, 1.82) is 0 Å². The Kier molecular flexibility index (Phi) is 4.06. The fourth-order valence-electron chi connectivity index (χ4n) is 1.90. The van der Waals surface area contributed by atoms with Crippen LogP contribution in [-0.4, -0.2) is 45.3 Å². The predicted octanol–water partition coefficient (Wildman–Crippen LogP) is 0.729. The van der Waals surface area contributed by atoms with Gasteiger partial charge < -0.3 is 9.64 Å². The Morgan fingerprint density at radius 2 is 2.05 bits per heavy atom. The molecule has 1 aliphatic heterocycles. The van der Waals surface area contributed by atoms with E-state index in [1.165, 1.54) is 4.90 Å². The van der Waals surface area contributed by atoms with Gasteiger partial charge in [-0.3, -0.25) is 0 Å². The van der Waals surface area contributed by atoms with Crippen molar-refractivity contribution in [2.75, 3.05) is 25.9 Å². The normalized spacial score (nSPS) is 19.5. The number of rotatable bonds is 5. The molecule has 0 spiro atoms. The minimum absolute atomic E-state index is 0.190. The summed E-state index contributed by atoms with van der Waals surface area (Å²) in [6.45, 7) is 0.930. The molecule has 0 bridgehead atoms. The zero-order valence-corrected chi connectivity index (χ0v) is 11.4. The summed E-state index contributed by atoms with van der Waals surface area (Å²) in [6, 6.07) is 9.47. The summed E-state index contributed by atoms with van der Waals surface area (Å²) in [5.74, 6) is 0. The van der Waals surface area contributed by atoms with E-state index in [1.807, 2.05) is 30.3 Å². The minimum atomic E-state index is -3.23. The second-order valence-corrected chi connectivity index (χ2v) is 6.23. The summed E-state index contributed by atoms with van der Waals surface area (Å²) in [7, 11) is -3.23. The Hall–Kier alpha value is -1.60. The van der Waals surface area contributed by atoms with E-state index >= 15 is 0 Å². The lowest BCUT2D eigenvalue weighted by molar-refractivity contribution is 0.133. The molecule has 0 aromatic heterocycles. The Morgan fingerprint density at radius 3 is 2.68 bits per heavy atom. The highest BCUT2D eigenvalue weighted by Crippen LogP contribution is 2.25. The van der Waals surface area contributed by atoms with Crippen molar-refractivity contribution in [2.45, 2.75) is 6.10 Å². The Bertz CT molecular complexity index is 544. The third kappa shape index (κ3) is 3.93. The molecule has 1 fully saturated rings. The second-order valence-electron chi connectivity index (χ2n) is 4.40. The van der Waals surface area contributed by atoms with E-state index in [0.29, 0.717) is 13.1 Å². The van der Waals surface area contributed by atoms with E-state index in [2.05, 4.69) is 4.72 Å². The highest BCUT2D eigenvalue weighted by molar-refractivity contribution is 7.88. The number of amides is 1. The van der Waals surface area contributed by atoms with Crippen molar-refractivity contribution in [3.8, 4) is 0 Å². The molecule has 1 N–H and O–H groups in total. The highest BCUT2D eigenvalue weighted by Gasteiger charge is 2.31. The monoisotopic (exact) mass is 284 g/mol. The zero-order valence-electron chi connectivity index (χ0n) is 10.6. The molecule has 0 saturated carbocycles. The number of nitrogens with zero attached hydrogens (tertiary/aromatic N) is 1. The van der Waals surface area contributed by atoms with Gasteiger partial charge in [-0.1, -0.05) is 30.3 Å². The zero-order chi connectivity index (χ0) is 13.9. The number of sulfonamides is 1. The number of hydrogen-bond acceptors (Lipinski definition) is 4. The van der Waals surface area contributed by atoms with Gasteiger partial charge in [0.25, 0.3) is 0 Å². The van der Waals surface area contributed by atoms with Gasteiger partial charge in [0, 0.05) is 13.1 Å². The molecule has 1 amide bonds. The Balaban J connectivity index is 1.90. The van der Waals surface area contributed by atoms with E-state index in [1.54, 1.807) is 0 Å². The largest absolute Gasteiger partial charge is 0.439 e. The maximum absolute atomic E-state index is 11.6. The lowest BCUT2D eigenvalue weighted by Crippen LogP contribution is -2.35. The number of benzene rings is 1. The number of ether oxygens (including phenoxy) is 1. The topological polar surface area (TPSA) is 75.7 Å². The molecule has 1 heterocycles. The number of cyclic esters (lactones) is 1. The molecule has 6 nitrogen and oxygen atoms in total. The number of hydrogen-bond donors (Lipinski definition) is 1. The molecular weight excluding hydrogens is 268 g/mol. The average molecular weight is 284 g/mol. The van der Waals surface area contributed by atoms with Crippen molar-refractivity contribution >= 4 is 16.1 Å². The van der Waals surface area contributed by atoms with Crippen LogP contribution in [0.3, 0.4) is 0 Å². The molecule has 1 aliphatic rings. The molecule has 2 rings (SSSR count). The Labute approximate surface area is 112 Å². The van der Waals surface area contributed by atoms with Gasteiger partial charge >= 0.3 is 6.09 Å². The summed E-state index contributed by atoms with van der Waals surface area (Å²) in [5.41, 5.74) is 0.939. The molecule has 1 atom stereocenters. The van der Waals surface area contributed by atoms with Crippen LogP contribution in [-0.2, 0) is 14.8 Å². The first-order valence-electron chi connectivity index (χ1n) is 5.91. The van der Waals surface area contributed by atoms with Crippen LogP contribution < -0.4 is 4.72 Å². The van der Waals surface area contributed by atoms with Crippen molar-refractivity contribution in [3.63, 3.8) is 0 Å². The maximum Gasteiger partial charge on any atom is 0.410 e. The molecule has 1 saturated heterocycles. The van der Waals surface area contributed by atoms with E-state index < -0.39 is 16.1 Å². The number of carbonyl (C=O) groups is 1. The van der Waals surface area contributed by atoms with Gasteiger partial charge in [0.2, 0.25) is 10.0 Å². The maximum atomic E-state index is 11.6. The highest BCUT2D eigenvalue weighted by atomic mass is 32.2. The predicted molar refractivity (Wildman–Crippen MR) is 70.1 cm³/mol. The van der Waals surface area contributed by atoms with Crippen LogP contribution in [0.1, 0.15) is 11.7 Å². The Morgan fingerprint density at radius 1 is 1.37 bits per heavy atom. The van der Waals surface area contributed by atoms with E-state index in [-0.39, 0.29) is 12.6 Å². The molecule has 0 radical (unpaired) electrons. The molecule has 1 unspecified atom stereocenters. The van der Waals surface area contributed by atoms with Gasteiger partial charge in [-0.25, -0.2) is 17.9 Å². The first-order chi connectivity index (χ1) is 8.96. The van der Waals surface area contributed by atoms with Crippen LogP contribution in [0.2, 0.25) is 0 Å². The van der Waals surface area contributed by atoms with E-state index in [9.17, 15) is 13.2 Å².